The van der Waals surface area contributed by atoms with Crippen molar-refractivity contribution in [3.05, 3.63) is 89.9 Å². The molecule has 9 nitrogen and oxygen atoms in total. The van der Waals surface area contributed by atoms with Crippen LogP contribution in [0.25, 0.3) is 27.8 Å². The molecule has 3 aliphatic rings. The maximum absolute atomic E-state index is 11.6. The predicted octanol–water partition coefficient (Wildman–Crippen LogP) is 5.19. The van der Waals surface area contributed by atoms with Gasteiger partial charge < -0.3 is 19.5 Å². The fraction of sp³-hybridized carbons (Fsp3) is 0.353. The van der Waals surface area contributed by atoms with Crippen LogP contribution in [0.3, 0.4) is 0 Å². The molecule has 5 aromatic rings. The van der Waals surface area contributed by atoms with E-state index in [0.717, 1.165) is 76.4 Å². The summed E-state index contributed by atoms with van der Waals surface area (Å²) < 4.78 is 13.1. The number of anilines is 1. The van der Waals surface area contributed by atoms with Crippen molar-refractivity contribution in [1.82, 2.24) is 19.6 Å². The number of para-hydroxylation sites is 1. The molecule has 2 saturated heterocycles. The van der Waals surface area contributed by atoms with Crippen LogP contribution in [0, 0.1) is 0 Å². The summed E-state index contributed by atoms with van der Waals surface area (Å²) >= 11 is 0. The van der Waals surface area contributed by atoms with Gasteiger partial charge >= 0.3 is 5.97 Å². The Kier molecular flexibility index (Phi) is 6.38. The maximum atomic E-state index is 11.6. The average molecular weight is 576 g/mol. The highest BCUT2D eigenvalue weighted by Crippen LogP contribution is 2.50. The SMILES string of the molecule is O=C(O)CC1(c2ccc(-c3c([C@H]4C[C@H](c5ccc6ccccc6n5)C4)nc4c(N5CCOCC5)ccnn34)cc2)COC1. The van der Waals surface area contributed by atoms with Gasteiger partial charge in [-0.15, -0.1) is 0 Å². The summed E-state index contributed by atoms with van der Waals surface area (Å²) in [6.45, 7) is 3.88. The van der Waals surface area contributed by atoms with E-state index < -0.39 is 11.4 Å². The third kappa shape index (κ3) is 4.54. The van der Waals surface area contributed by atoms with E-state index in [1.165, 1.54) is 0 Å². The number of benzene rings is 2. The lowest BCUT2D eigenvalue weighted by Gasteiger charge is -2.41. The van der Waals surface area contributed by atoms with E-state index in [0.29, 0.717) is 32.3 Å². The molecule has 0 atom stereocenters. The molecular weight excluding hydrogens is 542 g/mol. The van der Waals surface area contributed by atoms with Gasteiger partial charge in [0.15, 0.2) is 5.65 Å². The second kappa shape index (κ2) is 10.4. The molecule has 0 amide bonds. The molecule has 0 spiro atoms. The molecule has 1 saturated carbocycles. The summed E-state index contributed by atoms with van der Waals surface area (Å²) in [5.41, 5.74) is 7.72. The number of carboxylic acid groups (broad SMARTS) is 1. The van der Waals surface area contributed by atoms with Crippen molar-refractivity contribution in [1.29, 1.82) is 0 Å². The van der Waals surface area contributed by atoms with Gasteiger partial charge in [0.05, 0.1) is 67.1 Å². The van der Waals surface area contributed by atoms with Crippen molar-refractivity contribution in [2.45, 2.75) is 36.5 Å². The molecule has 43 heavy (non-hydrogen) atoms. The molecule has 2 aliphatic heterocycles. The Morgan fingerprint density at radius 1 is 0.907 bits per heavy atom. The van der Waals surface area contributed by atoms with Crippen LogP contribution in [0.5, 0.6) is 0 Å². The lowest BCUT2D eigenvalue weighted by molar-refractivity contribution is -0.145. The molecule has 218 valence electrons. The van der Waals surface area contributed by atoms with Crippen LogP contribution < -0.4 is 4.90 Å². The number of aromatic nitrogens is 4. The van der Waals surface area contributed by atoms with E-state index in [1.54, 1.807) is 0 Å². The van der Waals surface area contributed by atoms with Crippen LogP contribution >= 0.6 is 0 Å². The second-order valence-electron chi connectivity index (χ2n) is 12.1. The topological polar surface area (TPSA) is 102 Å². The van der Waals surface area contributed by atoms with Crippen LogP contribution in [0.15, 0.2) is 72.9 Å². The zero-order chi connectivity index (χ0) is 29.0. The van der Waals surface area contributed by atoms with Crippen molar-refractivity contribution in [2.24, 2.45) is 0 Å². The number of imidazole rings is 1. The van der Waals surface area contributed by atoms with E-state index in [2.05, 4.69) is 59.5 Å². The van der Waals surface area contributed by atoms with Gasteiger partial charge in [-0.1, -0.05) is 48.5 Å². The van der Waals surface area contributed by atoms with Crippen molar-refractivity contribution in [3.63, 3.8) is 0 Å². The second-order valence-corrected chi connectivity index (χ2v) is 12.1. The molecule has 8 rings (SSSR count). The molecule has 3 fully saturated rings. The summed E-state index contributed by atoms with van der Waals surface area (Å²) in [5, 5.41) is 15.5. The monoisotopic (exact) mass is 575 g/mol. The van der Waals surface area contributed by atoms with Crippen LogP contribution in [-0.2, 0) is 19.7 Å². The quantitative estimate of drug-likeness (QED) is 0.283. The van der Waals surface area contributed by atoms with Gasteiger partial charge in [0, 0.05) is 41.6 Å². The lowest BCUT2D eigenvalue weighted by Crippen LogP contribution is -2.48. The molecule has 2 aromatic carbocycles. The minimum Gasteiger partial charge on any atom is -0.481 e. The van der Waals surface area contributed by atoms with Gasteiger partial charge in [0.25, 0.3) is 0 Å². The summed E-state index contributed by atoms with van der Waals surface area (Å²) in [6, 6.07) is 23.0. The van der Waals surface area contributed by atoms with Crippen LogP contribution in [0.1, 0.15) is 48.0 Å². The summed E-state index contributed by atoms with van der Waals surface area (Å²) in [5.74, 6) is -0.141. The van der Waals surface area contributed by atoms with E-state index in [9.17, 15) is 9.90 Å². The maximum Gasteiger partial charge on any atom is 0.304 e. The van der Waals surface area contributed by atoms with E-state index in [-0.39, 0.29) is 12.3 Å². The van der Waals surface area contributed by atoms with Gasteiger partial charge in [0.1, 0.15) is 0 Å². The molecule has 5 heterocycles. The average Bonchev–Trinajstić information content (AvgIpc) is 3.38. The van der Waals surface area contributed by atoms with Crippen LogP contribution in [-0.4, -0.2) is 70.2 Å². The smallest absolute Gasteiger partial charge is 0.304 e. The Morgan fingerprint density at radius 3 is 2.44 bits per heavy atom. The van der Waals surface area contributed by atoms with Crippen LogP contribution in [0.2, 0.25) is 0 Å². The number of hydrogen-bond acceptors (Lipinski definition) is 7. The highest BCUT2D eigenvalue weighted by molar-refractivity contribution is 5.79. The molecule has 3 aromatic heterocycles. The Morgan fingerprint density at radius 2 is 1.70 bits per heavy atom. The minimum atomic E-state index is -0.809. The number of nitrogens with zero attached hydrogens (tertiary/aromatic N) is 5. The van der Waals surface area contributed by atoms with Gasteiger partial charge in [0.2, 0.25) is 0 Å². The van der Waals surface area contributed by atoms with Crippen LogP contribution in [0.4, 0.5) is 5.69 Å². The Balaban J connectivity index is 1.17. The summed E-state index contributed by atoms with van der Waals surface area (Å²) in [6.07, 6.45) is 3.87. The van der Waals surface area contributed by atoms with Gasteiger partial charge in [-0.2, -0.15) is 5.10 Å². The van der Waals surface area contributed by atoms with E-state index in [1.807, 2.05) is 22.8 Å². The van der Waals surface area contributed by atoms with Gasteiger partial charge in [-0.05, 0) is 36.6 Å². The third-order valence-corrected chi connectivity index (χ3v) is 9.46. The zero-order valence-electron chi connectivity index (χ0n) is 23.9. The highest BCUT2D eigenvalue weighted by Gasteiger charge is 2.42. The third-order valence-electron chi connectivity index (χ3n) is 9.46. The number of morpholine rings is 1. The standard InChI is InChI=1S/C34H33N5O4/c40-30(41)19-34(20-43-21-34)26-8-5-23(6-9-26)32-31(37-33-29(11-12-35-39(32)33)38-13-15-42-16-14-38)25-17-24(18-25)28-10-7-22-3-1-2-4-27(22)36-28/h1-12,24-25H,13-21H2,(H,40,41)/t24-,25-. The molecule has 0 bridgehead atoms. The molecule has 1 N–H and O–H groups in total. The number of ether oxygens (including phenoxy) is 2. The Hall–Kier alpha value is -4.34. The van der Waals surface area contributed by atoms with Gasteiger partial charge in [-0.3, -0.25) is 9.78 Å². The Bertz CT molecular complexity index is 1820. The molecule has 9 heteroatoms. The summed E-state index contributed by atoms with van der Waals surface area (Å²) in [7, 11) is 0. The largest absolute Gasteiger partial charge is 0.481 e. The first-order valence-corrected chi connectivity index (χ1v) is 15.0. The van der Waals surface area contributed by atoms with Crippen molar-refractivity contribution in [2.75, 3.05) is 44.4 Å². The molecule has 0 radical (unpaired) electrons. The van der Waals surface area contributed by atoms with E-state index >= 15 is 0 Å². The first-order valence-electron chi connectivity index (χ1n) is 15.0. The summed E-state index contributed by atoms with van der Waals surface area (Å²) in [4.78, 5) is 24.2. The number of pyridine rings is 1. The number of carboxylic acids is 1. The number of rotatable bonds is 7. The normalized spacial score (nSPS) is 21.4. The number of carbonyl (C=O) groups is 1. The van der Waals surface area contributed by atoms with Crippen molar-refractivity contribution < 1.29 is 19.4 Å². The first kappa shape index (κ1) is 26.3. The number of aliphatic carboxylic acids is 1. The predicted molar refractivity (Wildman–Crippen MR) is 163 cm³/mol. The number of fused-ring (bicyclic) bond motifs is 2. The zero-order valence-corrected chi connectivity index (χ0v) is 23.9. The minimum absolute atomic E-state index is 0.0595. The van der Waals surface area contributed by atoms with Crippen molar-refractivity contribution in [3.8, 4) is 11.3 Å². The molecule has 1 aliphatic carbocycles. The first-order chi connectivity index (χ1) is 21.1. The van der Waals surface area contributed by atoms with Crippen molar-refractivity contribution >= 4 is 28.2 Å². The fourth-order valence-corrected chi connectivity index (χ4v) is 6.94. The van der Waals surface area contributed by atoms with Gasteiger partial charge in [-0.25, -0.2) is 9.50 Å². The molecular formula is C34H33N5O4. The lowest BCUT2D eigenvalue weighted by atomic mass is 9.70. The molecule has 0 unspecified atom stereocenters. The highest BCUT2D eigenvalue weighted by atomic mass is 16.5. The number of hydrogen-bond donors (Lipinski definition) is 1. The fourth-order valence-electron chi connectivity index (χ4n) is 6.94. The van der Waals surface area contributed by atoms with E-state index in [4.69, 9.17) is 24.5 Å². The Labute approximate surface area is 249 Å².